The summed E-state index contributed by atoms with van der Waals surface area (Å²) in [5.41, 5.74) is 0. The number of hydrogen-bond donors (Lipinski definition) is 1. The Morgan fingerprint density at radius 3 is 0.876 bits per heavy atom. The molecule has 9 heteroatoms. The standard InChI is InChI=1S/C88H161NO8/c1-6-8-10-12-14-16-18-20-22-24-26-28-30-32-34-36-38-39-40-41-42-43-44-45-46-47-49-50-52-54-56-58-60-62-64-66-68-70-72-74-76-78-85(90)95-82-84(83-96-88(87(92)93)94-81-80-89(3,4)5)97-86(91)79-77-75-73-71-69-67-65-63-61-59-57-55-53-51-48-37-35-33-31-29-27-25-23-21-19-17-15-13-11-9-7-2/h9,11,15,17-18,20-21,23-24,26-27,29,84,88H,6-8,10,12-14,16,19,22,25,28,30-83H2,1-5H3/p+1/b11-9-,17-15-,20-18-,23-21-,26-24-,29-27-. The summed E-state index contributed by atoms with van der Waals surface area (Å²) in [4.78, 5) is 37.8. The fourth-order valence-electron chi connectivity index (χ4n) is 12.6. The van der Waals surface area contributed by atoms with Crippen molar-refractivity contribution in [1.29, 1.82) is 0 Å². The van der Waals surface area contributed by atoms with Gasteiger partial charge in [-0.3, -0.25) is 9.59 Å². The van der Waals surface area contributed by atoms with Crippen molar-refractivity contribution in [3.8, 4) is 0 Å². The lowest BCUT2D eigenvalue weighted by atomic mass is 10.0. The summed E-state index contributed by atoms with van der Waals surface area (Å²) in [6, 6.07) is 0. The largest absolute Gasteiger partial charge is 0.477 e. The van der Waals surface area contributed by atoms with Crippen molar-refractivity contribution in [3.63, 3.8) is 0 Å². The van der Waals surface area contributed by atoms with Gasteiger partial charge in [-0.1, -0.05) is 389 Å². The van der Waals surface area contributed by atoms with Crippen LogP contribution in [0, 0.1) is 0 Å². The molecule has 0 radical (unpaired) electrons. The normalized spacial score (nSPS) is 13.0. The zero-order chi connectivity index (χ0) is 70.4. The van der Waals surface area contributed by atoms with E-state index in [0.29, 0.717) is 17.4 Å². The molecule has 0 saturated heterocycles. The third kappa shape index (κ3) is 79.9. The first-order chi connectivity index (χ1) is 47.6. The predicted molar refractivity (Wildman–Crippen MR) is 420 cm³/mol. The van der Waals surface area contributed by atoms with Crippen LogP contribution in [0.15, 0.2) is 72.9 Å². The van der Waals surface area contributed by atoms with Gasteiger partial charge in [-0.25, -0.2) is 4.79 Å². The molecule has 2 unspecified atom stereocenters. The molecule has 0 heterocycles. The van der Waals surface area contributed by atoms with Crippen molar-refractivity contribution in [2.75, 3.05) is 47.5 Å². The van der Waals surface area contributed by atoms with Crippen molar-refractivity contribution in [2.24, 2.45) is 0 Å². The summed E-state index contributed by atoms with van der Waals surface area (Å²) in [7, 11) is 6.00. The number of ether oxygens (including phenoxy) is 4. The number of nitrogens with zero attached hydrogens (tertiary/aromatic N) is 1. The van der Waals surface area contributed by atoms with E-state index in [0.717, 1.165) is 70.6 Å². The van der Waals surface area contributed by atoms with Crippen molar-refractivity contribution in [3.05, 3.63) is 72.9 Å². The second-order valence-corrected chi connectivity index (χ2v) is 29.8. The molecule has 0 aromatic carbocycles. The van der Waals surface area contributed by atoms with Gasteiger partial charge in [-0.15, -0.1) is 0 Å². The van der Waals surface area contributed by atoms with E-state index in [2.05, 4.69) is 86.8 Å². The number of carbonyl (C=O) groups excluding carboxylic acids is 2. The Kier molecular flexibility index (Phi) is 75.8. The molecule has 0 bridgehead atoms. The Hall–Kier alpha value is -3.27. The van der Waals surface area contributed by atoms with Gasteiger partial charge in [0.2, 0.25) is 0 Å². The minimum Gasteiger partial charge on any atom is -0.477 e. The lowest BCUT2D eigenvalue weighted by Crippen LogP contribution is -2.40. The number of carbonyl (C=O) groups is 3. The first-order valence-corrected chi connectivity index (χ1v) is 42.1. The third-order valence-electron chi connectivity index (χ3n) is 18.9. The second-order valence-electron chi connectivity index (χ2n) is 29.8. The topological polar surface area (TPSA) is 108 Å². The molecule has 9 nitrogen and oxygen atoms in total. The maximum Gasteiger partial charge on any atom is 0.361 e. The number of quaternary nitrogens is 1. The number of esters is 2. The number of likely N-dealkylation sites (N-methyl/N-ethyl adjacent to an activating group) is 1. The van der Waals surface area contributed by atoms with Crippen LogP contribution < -0.4 is 0 Å². The van der Waals surface area contributed by atoms with Crippen LogP contribution in [0.3, 0.4) is 0 Å². The average Bonchev–Trinajstić information content (AvgIpc) is 2.39. The van der Waals surface area contributed by atoms with Gasteiger partial charge < -0.3 is 28.5 Å². The van der Waals surface area contributed by atoms with Gasteiger partial charge in [-0.2, -0.15) is 0 Å². The number of rotatable bonds is 79. The van der Waals surface area contributed by atoms with E-state index in [1.54, 1.807) is 0 Å². The van der Waals surface area contributed by atoms with Crippen LogP contribution in [0.4, 0.5) is 0 Å². The fourth-order valence-corrected chi connectivity index (χ4v) is 12.6. The maximum atomic E-state index is 13.0. The van der Waals surface area contributed by atoms with Crippen molar-refractivity contribution >= 4 is 17.9 Å². The Labute approximate surface area is 602 Å². The van der Waals surface area contributed by atoms with Gasteiger partial charge in [0.25, 0.3) is 6.29 Å². The highest BCUT2D eigenvalue weighted by Gasteiger charge is 2.25. The summed E-state index contributed by atoms with van der Waals surface area (Å²) in [5, 5.41) is 9.78. The quantitative estimate of drug-likeness (QED) is 0.0211. The minimum absolute atomic E-state index is 0.178. The van der Waals surface area contributed by atoms with Crippen LogP contribution in [-0.4, -0.2) is 87.4 Å². The van der Waals surface area contributed by atoms with Gasteiger partial charge in [0.15, 0.2) is 6.10 Å². The Morgan fingerprint density at radius 1 is 0.320 bits per heavy atom. The monoisotopic (exact) mass is 1360 g/mol. The molecule has 566 valence electrons. The van der Waals surface area contributed by atoms with Crippen LogP contribution in [0.2, 0.25) is 0 Å². The van der Waals surface area contributed by atoms with E-state index in [9.17, 15) is 19.5 Å². The number of unbranched alkanes of at least 4 members (excludes halogenated alkanes) is 52. The summed E-state index contributed by atoms with van der Waals surface area (Å²) in [5.74, 6) is -1.98. The van der Waals surface area contributed by atoms with Gasteiger partial charge in [0.05, 0.1) is 34.4 Å². The first kappa shape index (κ1) is 93.7. The Morgan fingerprint density at radius 2 is 0.588 bits per heavy atom. The number of carboxylic acid groups (broad SMARTS) is 1. The summed E-state index contributed by atoms with van der Waals surface area (Å²) >= 11 is 0. The summed E-state index contributed by atoms with van der Waals surface area (Å²) in [6.07, 6.45) is 104. The fraction of sp³-hybridized carbons (Fsp3) is 0.830. The van der Waals surface area contributed by atoms with Crippen LogP contribution in [0.5, 0.6) is 0 Å². The van der Waals surface area contributed by atoms with Crippen LogP contribution in [0.25, 0.3) is 0 Å². The van der Waals surface area contributed by atoms with E-state index < -0.39 is 18.4 Å². The minimum atomic E-state index is -1.51. The maximum absolute atomic E-state index is 13.0. The molecule has 0 amide bonds. The molecule has 0 rings (SSSR count). The average molecular weight is 1360 g/mol. The lowest BCUT2D eigenvalue weighted by Gasteiger charge is -2.25. The molecule has 0 aromatic heterocycles. The number of allylic oxidation sites excluding steroid dienone is 12. The van der Waals surface area contributed by atoms with E-state index in [-0.39, 0.29) is 38.2 Å². The highest BCUT2D eigenvalue weighted by molar-refractivity contribution is 5.71. The zero-order valence-electron chi connectivity index (χ0n) is 65.0. The molecule has 2 atom stereocenters. The summed E-state index contributed by atoms with van der Waals surface area (Å²) in [6.45, 7) is 4.82. The Balaban J connectivity index is 3.92. The second kappa shape index (κ2) is 78.4. The van der Waals surface area contributed by atoms with E-state index in [1.165, 1.54) is 315 Å². The third-order valence-corrected chi connectivity index (χ3v) is 18.9. The van der Waals surface area contributed by atoms with Gasteiger partial charge in [0, 0.05) is 12.8 Å². The molecule has 0 saturated carbocycles. The zero-order valence-corrected chi connectivity index (χ0v) is 65.0. The molecular formula is C88H162NO8+. The van der Waals surface area contributed by atoms with E-state index in [4.69, 9.17) is 18.9 Å². The lowest BCUT2D eigenvalue weighted by molar-refractivity contribution is -0.870. The van der Waals surface area contributed by atoms with Gasteiger partial charge in [0.1, 0.15) is 13.2 Å². The van der Waals surface area contributed by atoms with E-state index in [1.807, 2.05) is 21.1 Å². The summed E-state index contributed by atoms with van der Waals surface area (Å²) < 4.78 is 23.1. The molecule has 0 aliphatic heterocycles. The molecular weight excluding hydrogens is 1200 g/mol. The highest BCUT2D eigenvalue weighted by Crippen LogP contribution is 2.20. The molecule has 0 aliphatic carbocycles. The number of hydrogen-bond acceptors (Lipinski definition) is 7. The van der Waals surface area contributed by atoms with Gasteiger partial charge >= 0.3 is 17.9 Å². The van der Waals surface area contributed by atoms with Crippen LogP contribution in [-0.2, 0) is 33.3 Å². The number of aliphatic carboxylic acids is 1. The molecule has 0 spiro atoms. The first-order valence-electron chi connectivity index (χ1n) is 42.1. The molecule has 97 heavy (non-hydrogen) atoms. The van der Waals surface area contributed by atoms with Gasteiger partial charge in [-0.05, 0) is 83.5 Å². The number of carboxylic acids is 1. The molecule has 0 aliphatic rings. The smallest absolute Gasteiger partial charge is 0.361 e. The Bertz CT molecular complexity index is 1830. The van der Waals surface area contributed by atoms with Crippen molar-refractivity contribution in [2.45, 2.75) is 424 Å². The highest BCUT2D eigenvalue weighted by atomic mass is 16.7. The van der Waals surface area contributed by atoms with Crippen molar-refractivity contribution < 1.29 is 42.9 Å². The van der Waals surface area contributed by atoms with E-state index >= 15 is 0 Å². The predicted octanol–water partition coefficient (Wildman–Crippen LogP) is 27.2. The van der Waals surface area contributed by atoms with Crippen LogP contribution >= 0.6 is 0 Å². The SMILES string of the molecule is CC/C=C\C/C=C\C/C=C\C/C=C\CCCCCCCCCCCCCCCCCCCCC(=O)OC(COC(=O)CCCCCCCCCCCCCCCCCCCCCCCCCCCCCCC/C=C\C/C=C\CCCCCCC)COC(OCC[N+](C)(C)C)C(=O)O. The molecule has 1 N–H and O–H groups in total. The van der Waals surface area contributed by atoms with Crippen LogP contribution in [0.1, 0.15) is 412 Å². The molecule has 0 fully saturated rings. The molecule has 0 aromatic rings. The van der Waals surface area contributed by atoms with Crippen molar-refractivity contribution in [1.82, 2.24) is 0 Å².